The van der Waals surface area contributed by atoms with Gasteiger partial charge in [-0.25, -0.2) is 0 Å². The standard InChI is InChI=1S/C19H17N3O3S/c20-10-12(9-11-5-1-3-7-14(11)23)18(25)22-19-16(17(21)24)13-6-2-4-8-15(13)26-19/h1,3,5,7,9,23H,2,4,6,8H2,(H2,21,24)(H,22,25)/b12-9+. The summed E-state index contributed by atoms with van der Waals surface area (Å²) in [5, 5.41) is 22.2. The van der Waals surface area contributed by atoms with Crippen LogP contribution in [0.4, 0.5) is 5.00 Å². The van der Waals surface area contributed by atoms with Crippen LogP contribution in [-0.4, -0.2) is 16.9 Å². The summed E-state index contributed by atoms with van der Waals surface area (Å²) < 4.78 is 0. The number of nitrogens with one attached hydrogen (secondary N) is 1. The van der Waals surface area contributed by atoms with Crippen LogP contribution in [0.5, 0.6) is 5.75 Å². The Labute approximate surface area is 154 Å². The van der Waals surface area contributed by atoms with Crippen molar-refractivity contribution < 1.29 is 14.7 Å². The van der Waals surface area contributed by atoms with Crippen molar-refractivity contribution in [2.24, 2.45) is 5.73 Å². The van der Waals surface area contributed by atoms with Crippen molar-refractivity contribution in [2.45, 2.75) is 25.7 Å². The Morgan fingerprint density at radius 1 is 1.27 bits per heavy atom. The first-order valence-electron chi connectivity index (χ1n) is 8.16. The first-order chi connectivity index (χ1) is 12.5. The highest BCUT2D eigenvalue weighted by atomic mass is 32.1. The first-order valence-corrected chi connectivity index (χ1v) is 8.98. The summed E-state index contributed by atoms with van der Waals surface area (Å²) in [4.78, 5) is 25.5. The molecule has 4 N–H and O–H groups in total. The van der Waals surface area contributed by atoms with Crippen molar-refractivity contribution in [1.29, 1.82) is 5.26 Å². The molecule has 0 atom stereocenters. The number of anilines is 1. The molecule has 1 heterocycles. The van der Waals surface area contributed by atoms with Crippen LogP contribution in [0.15, 0.2) is 29.8 Å². The van der Waals surface area contributed by atoms with Crippen LogP contribution < -0.4 is 11.1 Å². The number of benzene rings is 1. The number of para-hydroxylation sites is 1. The first kappa shape index (κ1) is 17.7. The number of hydrogen-bond donors (Lipinski definition) is 3. The number of hydrogen-bond acceptors (Lipinski definition) is 5. The number of amides is 2. The molecule has 132 valence electrons. The van der Waals surface area contributed by atoms with E-state index in [9.17, 15) is 20.0 Å². The van der Waals surface area contributed by atoms with E-state index in [2.05, 4.69) is 5.32 Å². The van der Waals surface area contributed by atoms with Crippen LogP contribution in [0.1, 0.15) is 39.2 Å². The highest BCUT2D eigenvalue weighted by Crippen LogP contribution is 2.38. The van der Waals surface area contributed by atoms with E-state index in [1.165, 1.54) is 23.5 Å². The molecule has 0 bridgehead atoms. The minimum Gasteiger partial charge on any atom is -0.507 e. The summed E-state index contributed by atoms with van der Waals surface area (Å²) in [6, 6.07) is 8.24. The predicted octanol–water partition coefficient (Wildman–Crippen LogP) is 2.98. The van der Waals surface area contributed by atoms with Gasteiger partial charge in [-0.1, -0.05) is 18.2 Å². The minimum absolute atomic E-state index is 0.0301. The molecule has 0 fully saturated rings. The van der Waals surface area contributed by atoms with E-state index < -0.39 is 11.8 Å². The normalized spacial score (nSPS) is 13.6. The number of primary amides is 1. The quantitative estimate of drug-likeness (QED) is 0.569. The van der Waals surface area contributed by atoms with Crippen LogP contribution in [0.25, 0.3) is 6.08 Å². The van der Waals surface area contributed by atoms with Crippen molar-refractivity contribution in [3.8, 4) is 11.8 Å². The molecule has 7 heteroatoms. The van der Waals surface area contributed by atoms with Gasteiger partial charge in [0.1, 0.15) is 22.4 Å². The third-order valence-corrected chi connectivity index (χ3v) is 5.45. The number of aryl methyl sites for hydroxylation is 1. The van der Waals surface area contributed by atoms with Gasteiger partial charge in [0, 0.05) is 10.4 Å². The fourth-order valence-electron chi connectivity index (χ4n) is 3.00. The maximum Gasteiger partial charge on any atom is 0.266 e. The Morgan fingerprint density at radius 2 is 2.00 bits per heavy atom. The SMILES string of the molecule is N#C/C(=C\c1ccccc1O)C(=O)Nc1sc2c(c1C(N)=O)CCCC2. The zero-order valence-electron chi connectivity index (χ0n) is 13.9. The number of rotatable bonds is 4. The van der Waals surface area contributed by atoms with Gasteiger partial charge in [-0.3, -0.25) is 9.59 Å². The van der Waals surface area contributed by atoms with E-state index in [-0.39, 0.29) is 11.3 Å². The lowest BCUT2D eigenvalue weighted by molar-refractivity contribution is -0.112. The molecule has 0 saturated heterocycles. The van der Waals surface area contributed by atoms with Gasteiger partial charge < -0.3 is 16.2 Å². The lowest BCUT2D eigenvalue weighted by Crippen LogP contribution is -2.19. The molecule has 6 nitrogen and oxygen atoms in total. The molecule has 2 aromatic rings. The van der Waals surface area contributed by atoms with Crippen LogP contribution in [0.2, 0.25) is 0 Å². The molecule has 26 heavy (non-hydrogen) atoms. The second kappa shape index (κ2) is 7.42. The van der Waals surface area contributed by atoms with Gasteiger partial charge in [0.25, 0.3) is 11.8 Å². The Hall–Kier alpha value is -3.11. The third-order valence-electron chi connectivity index (χ3n) is 4.25. The van der Waals surface area contributed by atoms with Gasteiger partial charge >= 0.3 is 0 Å². The molecule has 0 spiro atoms. The van der Waals surface area contributed by atoms with Gasteiger partial charge in [-0.15, -0.1) is 11.3 Å². The summed E-state index contributed by atoms with van der Waals surface area (Å²) in [7, 11) is 0. The second-order valence-electron chi connectivity index (χ2n) is 5.96. The molecule has 1 aliphatic carbocycles. The zero-order valence-corrected chi connectivity index (χ0v) is 14.7. The van der Waals surface area contributed by atoms with Crippen molar-refractivity contribution in [3.63, 3.8) is 0 Å². The largest absolute Gasteiger partial charge is 0.507 e. The molecule has 2 amide bonds. The average Bonchev–Trinajstić information content (AvgIpc) is 2.98. The topological polar surface area (TPSA) is 116 Å². The number of thiophene rings is 1. The monoisotopic (exact) mass is 367 g/mol. The number of carbonyl (C=O) groups excluding carboxylic acids is 2. The van der Waals surface area contributed by atoms with Crippen LogP contribution >= 0.6 is 11.3 Å². The van der Waals surface area contributed by atoms with E-state index in [0.29, 0.717) is 16.1 Å². The zero-order chi connectivity index (χ0) is 18.7. The fraction of sp³-hybridized carbons (Fsp3) is 0.211. The number of nitrogens with two attached hydrogens (primary N) is 1. The molecule has 0 unspecified atom stereocenters. The summed E-state index contributed by atoms with van der Waals surface area (Å²) in [5.41, 5.74) is 6.96. The van der Waals surface area contributed by atoms with E-state index in [1.54, 1.807) is 18.2 Å². The maximum atomic E-state index is 12.5. The number of fused-ring (bicyclic) bond motifs is 1. The van der Waals surface area contributed by atoms with Gasteiger partial charge in [0.2, 0.25) is 0 Å². The molecular weight excluding hydrogens is 350 g/mol. The minimum atomic E-state index is -0.642. The van der Waals surface area contributed by atoms with Crippen molar-refractivity contribution in [2.75, 3.05) is 5.32 Å². The number of phenolic OH excluding ortho intramolecular Hbond substituents is 1. The molecular formula is C19H17N3O3S. The van der Waals surface area contributed by atoms with Gasteiger partial charge in [-0.05, 0) is 43.4 Å². The number of carbonyl (C=O) groups is 2. The lowest BCUT2D eigenvalue weighted by Gasteiger charge is -2.11. The molecule has 0 radical (unpaired) electrons. The van der Waals surface area contributed by atoms with E-state index in [4.69, 9.17) is 5.73 Å². The van der Waals surface area contributed by atoms with Gasteiger partial charge in [0.15, 0.2) is 0 Å². The second-order valence-corrected chi connectivity index (χ2v) is 7.07. The molecule has 1 aliphatic rings. The third kappa shape index (κ3) is 3.46. The Balaban J connectivity index is 1.92. The molecule has 3 rings (SSSR count). The van der Waals surface area contributed by atoms with Crippen LogP contribution in [-0.2, 0) is 17.6 Å². The van der Waals surface area contributed by atoms with Gasteiger partial charge in [-0.2, -0.15) is 5.26 Å². The molecule has 1 aromatic carbocycles. The highest BCUT2D eigenvalue weighted by Gasteiger charge is 2.25. The smallest absolute Gasteiger partial charge is 0.266 e. The average molecular weight is 367 g/mol. The van der Waals surface area contributed by atoms with E-state index >= 15 is 0 Å². The highest BCUT2D eigenvalue weighted by molar-refractivity contribution is 7.17. The van der Waals surface area contributed by atoms with Crippen LogP contribution in [0, 0.1) is 11.3 Å². The van der Waals surface area contributed by atoms with Crippen LogP contribution in [0.3, 0.4) is 0 Å². The number of nitrogens with zero attached hydrogens (tertiary/aromatic N) is 1. The van der Waals surface area contributed by atoms with Crippen molar-refractivity contribution in [3.05, 3.63) is 51.4 Å². The number of nitriles is 1. The number of phenols is 1. The van der Waals surface area contributed by atoms with Crippen molar-refractivity contribution in [1.82, 2.24) is 0 Å². The van der Waals surface area contributed by atoms with Crippen molar-refractivity contribution >= 4 is 34.2 Å². The lowest BCUT2D eigenvalue weighted by atomic mass is 9.95. The Kier molecular flexibility index (Phi) is 5.05. The summed E-state index contributed by atoms with van der Waals surface area (Å²) in [6.07, 6.45) is 4.94. The predicted molar refractivity (Wildman–Crippen MR) is 99.8 cm³/mol. The Bertz CT molecular complexity index is 953. The van der Waals surface area contributed by atoms with E-state index in [1.807, 2.05) is 6.07 Å². The Morgan fingerprint density at radius 3 is 2.69 bits per heavy atom. The molecule has 0 saturated carbocycles. The number of aromatic hydroxyl groups is 1. The summed E-state index contributed by atoms with van der Waals surface area (Å²) in [5.74, 6) is -1.25. The summed E-state index contributed by atoms with van der Waals surface area (Å²) >= 11 is 1.34. The maximum absolute atomic E-state index is 12.5. The van der Waals surface area contributed by atoms with E-state index in [0.717, 1.165) is 36.1 Å². The fourth-order valence-corrected chi connectivity index (χ4v) is 4.29. The summed E-state index contributed by atoms with van der Waals surface area (Å²) in [6.45, 7) is 0. The van der Waals surface area contributed by atoms with Gasteiger partial charge in [0.05, 0.1) is 5.56 Å². The molecule has 1 aromatic heterocycles. The molecule has 0 aliphatic heterocycles.